The maximum atomic E-state index is 11.2. The summed E-state index contributed by atoms with van der Waals surface area (Å²) < 4.78 is 5.88. The number of hydrogen-bond acceptors (Lipinski definition) is 9. The Kier molecular flexibility index (Phi) is 9.01. The van der Waals surface area contributed by atoms with E-state index in [2.05, 4.69) is 39.9 Å². The molecule has 1 aromatic carbocycles. The molecule has 3 fully saturated rings. The quantitative estimate of drug-likeness (QED) is 0.405. The van der Waals surface area contributed by atoms with E-state index in [1.54, 1.807) is 0 Å². The zero-order valence-corrected chi connectivity index (χ0v) is 20.6. The van der Waals surface area contributed by atoms with Crippen molar-refractivity contribution in [2.24, 2.45) is 5.10 Å². The van der Waals surface area contributed by atoms with Gasteiger partial charge in [-0.15, -0.1) is 0 Å². The van der Waals surface area contributed by atoms with Gasteiger partial charge in [0.15, 0.2) is 0 Å². The van der Waals surface area contributed by atoms with E-state index in [4.69, 9.17) is 19.8 Å². The molecule has 35 heavy (non-hydrogen) atoms. The zero-order valence-electron chi connectivity index (χ0n) is 19.8. The molecule has 11 heteroatoms. The lowest BCUT2D eigenvalue weighted by Crippen LogP contribution is -2.49. The van der Waals surface area contributed by atoms with Gasteiger partial charge in [-0.2, -0.15) is 22.3 Å². The van der Waals surface area contributed by atoms with Gasteiger partial charge in [0.2, 0.25) is 0 Å². The third-order valence-corrected chi connectivity index (χ3v) is 7.74. The van der Waals surface area contributed by atoms with Gasteiger partial charge in [-0.25, -0.2) is 4.79 Å². The largest absolute Gasteiger partial charge is 0.480 e. The molecule has 4 rings (SSSR count). The average Bonchev–Trinajstić information content (AvgIpc) is 3.32. The second kappa shape index (κ2) is 12.2. The summed E-state index contributed by atoms with van der Waals surface area (Å²) in [6.07, 6.45) is 4.22. The fourth-order valence-corrected chi connectivity index (χ4v) is 5.73. The van der Waals surface area contributed by atoms with Crippen LogP contribution in [0.25, 0.3) is 0 Å². The Morgan fingerprint density at radius 1 is 1.14 bits per heavy atom. The summed E-state index contributed by atoms with van der Waals surface area (Å²) in [4.78, 5) is 29.9. The summed E-state index contributed by atoms with van der Waals surface area (Å²) in [6.45, 7) is 2.68. The molecule has 3 heterocycles. The van der Waals surface area contributed by atoms with Crippen LogP contribution in [0.3, 0.4) is 0 Å². The average molecular weight is 507 g/mol. The molecule has 0 aromatic heterocycles. The van der Waals surface area contributed by atoms with Crippen molar-refractivity contribution in [2.75, 3.05) is 50.8 Å². The number of hydrazone groups is 1. The molecule has 0 amide bonds. The minimum atomic E-state index is -1.01. The van der Waals surface area contributed by atoms with Gasteiger partial charge in [0, 0.05) is 44.1 Å². The normalized spacial score (nSPS) is 25.2. The first kappa shape index (κ1) is 25.9. The first-order valence-electron chi connectivity index (χ1n) is 12.1. The topological polar surface area (TPSA) is 124 Å². The van der Waals surface area contributed by atoms with E-state index in [1.165, 1.54) is 0 Å². The van der Waals surface area contributed by atoms with Crippen LogP contribution >= 0.6 is 11.8 Å². The second-order valence-electron chi connectivity index (χ2n) is 9.36. The monoisotopic (exact) mass is 506 g/mol. The molecule has 0 bridgehead atoms. The molecule has 192 valence electrons. The van der Waals surface area contributed by atoms with Crippen LogP contribution in [0.5, 0.6) is 0 Å². The summed E-state index contributed by atoms with van der Waals surface area (Å²) in [6, 6.07) is 8.31. The van der Waals surface area contributed by atoms with E-state index >= 15 is 0 Å². The summed E-state index contributed by atoms with van der Waals surface area (Å²) >= 11 is 1.96. The Labute approximate surface area is 209 Å². The number of aliphatic carboxylic acids is 2. The number of thioether (sulfide) groups is 1. The highest BCUT2D eigenvalue weighted by atomic mass is 32.2. The Hall–Kier alpha value is -2.18. The van der Waals surface area contributed by atoms with Crippen LogP contribution in [0.2, 0.25) is 0 Å². The lowest BCUT2D eigenvalue weighted by molar-refractivity contribution is -0.159. The molecule has 0 spiro atoms. The van der Waals surface area contributed by atoms with Crippen molar-refractivity contribution >= 4 is 29.9 Å². The van der Waals surface area contributed by atoms with Crippen LogP contribution in [0.4, 0.5) is 0 Å². The van der Waals surface area contributed by atoms with Crippen LogP contribution in [-0.2, 0) is 19.2 Å². The highest BCUT2D eigenvalue weighted by molar-refractivity contribution is 7.99. The summed E-state index contributed by atoms with van der Waals surface area (Å²) in [5.74, 6) is 0.365. The smallest absolute Gasteiger partial charge is 0.329 e. The summed E-state index contributed by atoms with van der Waals surface area (Å²) in [7, 11) is 0. The molecule has 3 saturated heterocycles. The van der Waals surface area contributed by atoms with E-state index in [-0.39, 0.29) is 25.3 Å². The number of rotatable bonds is 10. The lowest BCUT2D eigenvalue weighted by atomic mass is 9.84. The van der Waals surface area contributed by atoms with E-state index in [0.29, 0.717) is 32.4 Å². The van der Waals surface area contributed by atoms with Crippen LogP contribution in [0, 0.1) is 0 Å². The molecule has 3 aliphatic heterocycles. The third-order valence-electron chi connectivity index (χ3n) is 6.80. The number of ether oxygens (including phenoxy) is 1. The number of likely N-dealkylation sites (tertiary alicyclic amines) is 1. The van der Waals surface area contributed by atoms with Gasteiger partial charge in [0.05, 0.1) is 30.5 Å². The van der Waals surface area contributed by atoms with Gasteiger partial charge < -0.3 is 14.9 Å². The Balaban J connectivity index is 1.31. The predicted octanol–water partition coefficient (Wildman–Crippen LogP) is 1.81. The minimum absolute atomic E-state index is 0.0175. The first-order valence-corrected chi connectivity index (χ1v) is 13.2. The zero-order chi connectivity index (χ0) is 24.7. The Bertz CT molecular complexity index is 885. The number of nitrogens with zero attached hydrogens (tertiary/aromatic N) is 3. The molecule has 10 nitrogen and oxygen atoms in total. The molecular formula is C24H34N4O6S. The Morgan fingerprint density at radius 3 is 2.51 bits per heavy atom. The van der Waals surface area contributed by atoms with Gasteiger partial charge in [0.25, 0.3) is 0 Å². The van der Waals surface area contributed by atoms with Crippen molar-refractivity contribution in [2.45, 2.75) is 43.4 Å². The molecule has 2 unspecified atom stereocenters. The van der Waals surface area contributed by atoms with Gasteiger partial charge in [0.1, 0.15) is 6.61 Å². The predicted molar refractivity (Wildman–Crippen MR) is 133 cm³/mol. The SMILES string of the molecule is O=C(O)COC1(CC2CC(c3ccc(C=NN4CCSCC4)cc3)NO2)CCN(CC(=O)O)CC1. The second-order valence-corrected chi connectivity index (χ2v) is 10.6. The highest BCUT2D eigenvalue weighted by Crippen LogP contribution is 2.36. The summed E-state index contributed by atoms with van der Waals surface area (Å²) in [5.41, 5.74) is 4.67. The van der Waals surface area contributed by atoms with Crippen molar-refractivity contribution in [3.63, 3.8) is 0 Å². The number of carbonyl (C=O) groups is 2. The number of hydroxylamine groups is 1. The molecule has 1 aromatic rings. The number of benzene rings is 1. The minimum Gasteiger partial charge on any atom is -0.480 e. The van der Waals surface area contributed by atoms with Crippen molar-refractivity contribution in [1.29, 1.82) is 0 Å². The fraction of sp³-hybridized carbons (Fsp3) is 0.625. The lowest BCUT2D eigenvalue weighted by Gasteiger charge is -2.42. The van der Waals surface area contributed by atoms with Crippen LogP contribution in [0.1, 0.15) is 42.9 Å². The van der Waals surface area contributed by atoms with E-state index in [0.717, 1.165) is 42.1 Å². The molecule has 0 radical (unpaired) electrons. The van der Waals surface area contributed by atoms with Gasteiger partial charge in [-0.3, -0.25) is 19.5 Å². The van der Waals surface area contributed by atoms with E-state index in [1.807, 2.05) is 22.9 Å². The van der Waals surface area contributed by atoms with E-state index < -0.39 is 17.5 Å². The van der Waals surface area contributed by atoms with Gasteiger partial charge in [-0.1, -0.05) is 24.3 Å². The molecule has 0 aliphatic carbocycles. The number of hydrogen-bond donors (Lipinski definition) is 3. The molecule has 2 atom stereocenters. The number of carboxylic acid groups (broad SMARTS) is 2. The Morgan fingerprint density at radius 2 is 1.86 bits per heavy atom. The standard InChI is InChI=1S/C24H34N4O6S/c29-22(30)16-27-7-5-24(6-8-27,33-17-23(31)32)14-20-13-21(26-34-20)19-3-1-18(2-4-19)15-25-28-9-11-35-12-10-28/h1-4,15,20-21,26H,5-14,16-17H2,(H,29,30)(H,31,32). The molecule has 3 N–H and O–H groups in total. The number of nitrogens with one attached hydrogen (secondary N) is 1. The maximum absolute atomic E-state index is 11.2. The van der Waals surface area contributed by atoms with Gasteiger partial charge in [-0.05, 0) is 30.4 Å². The summed E-state index contributed by atoms with van der Waals surface area (Å²) in [5, 5.41) is 24.9. The van der Waals surface area contributed by atoms with Crippen molar-refractivity contribution in [3.05, 3.63) is 35.4 Å². The van der Waals surface area contributed by atoms with Crippen molar-refractivity contribution in [3.8, 4) is 0 Å². The third kappa shape index (κ3) is 7.65. The molecule has 0 saturated carbocycles. The first-order chi connectivity index (χ1) is 16.9. The molecular weight excluding hydrogens is 472 g/mol. The highest BCUT2D eigenvalue weighted by Gasteiger charge is 2.41. The number of piperidine rings is 1. The van der Waals surface area contributed by atoms with E-state index in [9.17, 15) is 9.59 Å². The molecule has 3 aliphatic rings. The van der Waals surface area contributed by atoms with Crippen molar-refractivity contribution < 1.29 is 29.4 Å². The van der Waals surface area contributed by atoms with Crippen LogP contribution in [-0.4, -0.2) is 101 Å². The fourth-order valence-electron chi connectivity index (χ4n) is 4.85. The van der Waals surface area contributed by atoms with Crippen LogP contribution < -0.4 is 5.48 Å². The van der Waals surface area contributed by atoms with Crippen LogP contribution in [0.15, 0.2) is 29.4 Å². The maximum Gasteiger partial charge on any atom is 0.329 e. The van der Waals surface area contributed by atoms with Crippen molar-refractivity contribution in [1.82, 2.24) is 15.4 Å². The van der Waals surface area contributed by atoms with Gasteiger partial charge >= 0.3 is 11.9 Å². The number of carboxylic acids is 2.